The van der Waals surface area contributed by atoms with Crippen LogP contribution < -0.4 is 9.62 Å². The van der Waals surface area contributed by atoms with Crippen LogP contribution in [0.15, 0.2) is 53.4 Å². The summed E-state index contributed by atoms with van der Waals surface area (Å²) in [5.74, 6) is -1.37. The third-order valence-corrected chi connectivity index (χ3v) is 9.39. The summed E-state index contributed by atoms with van der Waals surface area (Å²) in [6.45, 7) is -0.226. The summed E-state index contributed by atoms with van der Waals surface area (Å²) in [4.78, 5) is 26.2. The second kappa shape index (κ2) is 9.76. The molecule has 184 valence electrons. The lowest BCUT2D eigenvalue weighted by Crippen LogP contribution is -2.29. The van der Waals surface area contributed by atoms with Crippen LogP contribution in [0.25, 0.3) is 0 Å². The first-order valence-electron chi connectivity index (χ1n) is 11.6. The fourth-order valence-electron chi connectivity index (χ4n) is 4.62. The molecule has 2 aliphatic rings. The normalized spacial score (nSPS) is 14.5. The van der Waals surface area contributed by atoms with Crippen LogP contribution in [-0.4, -0.2) is 33.4 Å². The number of amides is 1. The second-order valence-corrected chi connectivity index (χ2v) is 11.6. The van der Waals surface area contributed by atoms with Gasteiger partial charge in [-0.3, -0.25) is 9.10 Å². The van der Waals surface area contributed by atoms with Crippen LogP contribution in [0, 0.1) is 11.3 Å². The number of rotatable bonds is 6. The molecule has 36 heavy (non-hydrogen) atoms. The minimum Gasteiger partial charge on any atom is -0.452 e. The van der Waals surface area contributed by atoms with E-state index in [9.17, 15) is 23.3 Å². The van der Waals surface area contributed by atoms with Crippen molar-refractivity contribution in [2.75, 3.05) is 22.8 Å². The minimum absolute atomic E-state index is 0.0269. The Morgan fingerprint density at radius 3 is 2.72 bits per heavy atom. The van der Waals surface area contributed by atoms with Gasteiger partial charge in [0.05, 0.1) is 21.7 Å². The zero-order valence-corrected chi connectivity index (χ0v) is 21.0. The number of sulfonamides is 1. The Balaban J connectivity index is 1.26. The summed E-state index contributed by atoms with van der Waals surface area (Å²) in [5, 5.41) is 12.7. The number of carbonyl (C=O) groups is 2. The number of aryl methyl sites for hydroxylation is 1. The Labute approximate surface area is 213 Å². The maximum atomic E-state index is 13.3. The van der Waals surface area contributed by atoms with E-state index in [0.29, 0.717) is 29.2 Å². The Hall–Kier alpha value is -3.68. The number of ether oxygens (including phenoxy) is 1. The van der Waals surface area contributed by atoms with Crippen molar-refractivity contribution in [3.05, 3.63) is 75.7 Å². The first kappa shape index (κ1) is 24.0. The van der Waals surface area contributed by atoms with Gasteiger partial charge in [0.25, 0.3) is 15.9 Å². The summed E-state index contributed by atoms with van der Waals surface area (Å²) in [6, 6.07) is 15.1. The van der Waals surface area contributed by atoms with Crippen LogP contribution in [0.3, 0.4) is 0 Å². The average molecular weight is 522 g/mol. The molecule has 0 radical (unpaired) electrons. The number of nitriles is 1. The van der Waals surface area contributed by atoms with Crippen molar-refractivity contribution in [3.63, 3.8) is 0 Å². The van der Waals surface area contributed by atoms with Crippen molar-refractivity contribution < 1.29 is 22.7 Å². The SMILES string of the molecule is N#Cc1c(NC(=O)COC(=O)c2cccc(S(=O)(=O)N3CCc4ccccc43)c2)sc2c1CCCC2. The van der Waals surface area contributed by atoms with E-state index in [1.165, 1.54) is 39.9 Å². The molecule has 8 nitrogen and oxygen atoms in total. The molecule has 1 aromatic heterocycles. The maximum absolute atomic E-state index is 13.3. The third kappa shape index (κ3) is 4.47. The molecule has 1 aliphatic heterocycles. The van der Waals surface area contributed by atoms with Gasteiger partial charge in [-0.05, 0) is 67.5 Å². The number of para-hydroxylation sites is 1. The van der Waals surface area contributed by atoms with Gasteiger partial charge >= 0.3 is 5.97 Å². The summed E-state index contributed by atoms with van der Waals surface area (Å²) in [7, 11) is -3.87. The van der Waals surface area contributed by atoms with E-state index in [4.69, 9.17) is 4.74 Å². The molecular weight excluding hydrogens is 498 g/mol. The fourth-order valence-corrected chi connectivity index (χ4v) is 7.42. The van der Waals surface area contributed by atoms with Crippen LogP contribution in [0.2, 0.25) is 0 Å². The van der Waals surface area contributed by atoms with Gasteiger partial charge in [-0.15, -0.1) is 11.3 Å². The molecule has 0 saturated carbocycles. The van der Waals surface area contributed by atoms with E-state index in [1.54, 1.807) is 12.1 Å². The molecule has 5 rings (SSSR count). The van der Waals surface area contributed by atoms with E-state index in [1.807, 2.05) is 12.1 Å². The fraction of sp³-hybridized carbons (Fsp3) is 0.269. The Morgan fingerprint density at radius 1 is 1.08 bits per heavy atom. The van der Waals surface area contributed by atoms with Gasteiger partial charge in [0.15, 0.2) is 6.61 Å². The lowest BCUT2D eigenvalue weighted by Gasteiger charge is -2.19. The van der Waals surface area contributed by atoms with Crippen molar-refractivity contribution in [1.82, 2.24) is 0 Å². The number of hydrogen-bond donors (Lipinski definition) is 1. The molecule has 0 saturated heterocycles. The van der Waals surface area contributed by atoms with E-state index in [0.717, 1.165) is 41.7 Å². The molecule has 0 unspecified atom stereocenters. The van der Waals surface area contributed by atoms with Gasteiger partial charge in [-0.1, -0.05) is 24.3 Å². The lowest BCUT2D eigenvalue weighted by molar-refractivity contribution is -0.119. The molecule has 2 heterocycles. The Bertz CT molecular complexity index is 1500. The van der Waals surface area contributed by atoms with Gasteiger partial charge in [0.1, 0.15) is 11.1 Å². The van der Waals surface area contributed by atoms with Gasteiger partial charge < -0.3 is 10.1 Å². The second-order valence-electron chi connectivity index (χ2n) is 8.63. The molecule has 2 aromatic carbocycles. The Kier molecular flexibility index (Phi) is 6.51. The predicted molar refractivity (Wildman–Crippen MR) is 136 cm³/mol. The van der Waals surface area contributed by atoms with Crippen molar-refractivity contribution in [2.24, 2.45) is 0 Å². The summed E-state index contributed by atoms with van der Waals surface area (Å²) < 4.78 is 33.0. The van der Waals surface area contributed by atoms with E-state index in [2.05, 4.69) is 11.4 Å². The van der Waals surface area contributed by atoms with Gasteiger partial charge in [0, 0.05) is 11.4 Å². The van der Waals surface area contributed by atoms with Gasteiger partial charge in [0.2, 0.25) is 0 Å². The van der Waals surface area contributed by atoms with E-state index >= 15 is 0 Å². The van der Waals surface area contributed by atoms with Crippen molar-refractivity contribution >= 4 is 43.9 Å². The van der Waals surface area contributed by atoms with Gasteiger partial charge in [-0.2, -0.15) is 5.26 Å². The highest BCUT2D eigenvalue weighted by atomic mass is 32.2. The number of hydrogen-bond acceptors (Lipinski definition) is 7. The first-order chi connectivity index (χ1) is 17.4. The molecule has 10 heteroatoms. The van der Waals surface area contributed by atoms with Crippen molar-refractivity contribution in [3.8, 4) is 6.07 Å². The van der Waals surface area contributed by atoms with E-state index in [-0.39, 0.29) is 10.5 Å². The van der Waals surface area contributed by atoms with Crippen molar-refractivity contribution in [1.29, 1.82) is 5.26 Å². The summed E-state index contributed by atoms with van der Waals surface area (Å²) in [5.41, 5.74) is 3.10. The highest BCUT2D eigenvalue weighted by Crippen LogP contribution is 2.37. The summed E-state index contributed by atoms with van der Waals surface area (Å²) >= 11 is 1.39. The average Bonchev–Trinajstić information content (AvgIpc) is 3.48. The van der Waals surface area contributed by atoms with Crippen LogP contribution >= 0.6 is 11.3 Å². The molecule has 0 atom stereocenters. The molecular formula is C26H23N3O5S2. The highest BCUT2D eigenvalue weighted by Gasteiger charge is 2.31. The lowest BCUT2D eigenvalue weighted by atomic mass is 9.96. The standard InChI is InChI=1S/C26H23N3O5S2/c27-15-21-20-9-2-4-11-23(20)35-25(21)28-24(30)16-34-26(31)18-7-5-8-19(14-18)36(32,33)29-13-12-17-6-1-3-10-22(17)29/h1,3,5-8,10,14H,2,4,9,11-13,16H2,(H,28,30). The molecule has 3 aromatic rings. The number of nitrogens with one attached hydrogen (secondary N) is 1. The topological polar surface area (TPSA) is 117 Å². The van der Waals surface area contributed by atoms with Crippen molar-refractivity contribution in [2.45, 2.75) is 37.0 Å². The van der Waals surface area contributed by atoms with Crippen LogP contribution in [0.4, 0.5) is 10.7 Å². The number of esters is 1. The predicted octanol–water partition coefficient (Wildman–Crippen LogP) is 4.05. The van der Waals surface area contributed by atoms with Crippen LogP contribution in [0.1, 0.15) is 44.8 Å². The smallest absolute Gasteiger partial charge is 0.338 e. The number of fused-ring (bicyclic) bond motifs is 2. The molecule has 0 spiro atoms. The zero-order chi connectivity index (χ0) is 25.3. The maximum Gasteiger partial charge on any atom is 0.338 e. The van der Waals surface area contributed by atoms with Crippen LogP contribution in [0.5, 0.6) is 0 Å². The number of anilines is 2. The highest BCUT2D eigenvalue weighted by molar-refractivity contribution is 7.92. The minimum atomic E-state index is -3.87. The number of thiophene rings is 1. The monoisotopic (exact) mass is 521 g/mol. The molecule has 1 N–H and O–H groups in total. The molecule has 1 aliphatic carbocycles. The van der Waals surface area contributed by atoms with Gasteiger partial charge in [-0.25, -0.2) is 13.2 Å². The quantitative estimate of drug-likeness (QED) is 0.489. The number of nitrogens with zero attached hydrogens (tertiary/aromatic N) is 2. The molecule has 1 amide bonds. The summed E-state index contributed by atoms with van der Waals surface area (Å²) in [6.07, 6.45) is 4.40. The largest absolute Gasteiger partial charge is 0.452 e. The number of benzene rings is 2. The van der Waals surface area contributed by atoms with Crippen LogP contribution in [-0.2, 0) is 38.8 Å². The third-order valence-electron chi connectivity index (χ3n) is 6.37. The van der Waals surface area contributed by atoms with E-state index < -0.39 is 28.5 Å². The zero-order valence-electron chi connectivity index (χ0n) is 19.3. The number of carbonyl (C=O) groups excluding carboxylic acids is 2. The molecule has 0 fully saturated rings. The first-order valence-corrected chi connectivity index (χ1v) is 13.9. The molecule has 0 bridgehead atoms. The Morgan fingerprint density at radius 2 is 1.89 bits per heavy atom.